The molecule has 0 aliphatic rings. The Balaban J connectivity index is 2.17. The zero-order valence-electron chi connectivity index (χ0n) is 10.7. The van der Waals surface area contributed by atoms with Crippen LogP contribution in [-0.2, 0) is 6.42 Å². The van der Waals surface area contributed by atoms with Crippen molar-refractivity contribution in [2.45, 2.75) is 19.4 Å². The van der Waals surface area contributed by atoms with Gasteiger partial charge in [0.1, 0.15) is 5.82 Å². The molecule has 1 atom stereocenters. The number of aryl methyl sites for hydroxylation is 1. The molecule has 0 N–H and O–H groups in total. The van der Waals surface area contributed by atoms with Crippen LogP contribution in [0, 0.1) is 0 Å². The molecule has 0 fully saturated rings. The predicted molar refractivity (Wildman–Crippen MR) is 82.3 cm³/mol. The monoisotopic (exact) mass is 290 g/mol. The van der Waals surface area contributed by atoms with Gasteiger partial charge in [-0.1, -0.05) is 18.2 Å². The Bertz CT molecular complexity index is 673. The minimum absolute atomic E-state index is 0.297. The number of fused-ring (bicyclic) bond motifs is 1. The minimum atomic E-state index is 0.297. The summed E-state index contributed by atoms with van der Waals surface area (Å²) in [4.78, 5) is 6.06. The Morgan fingerprint density at radius 1 is 1.26 bits per heavy atom. The molecule has 4 heteroatoms. The molecule has 19 heavy (non-hydrogen) atoms. The second-order valence-electron chi connectivity index (χ2n) is 4.52. The molecule has 0 bridgehead atoms. The van der Waals surface area contributed by atoms with Crippen molar-refractivity contribution in [3.8, 4) is 0 Å². The number of benzene rings is 1. The minimum Gasteiger partial charge on any atom is -0.320 e. The van der Waals surface area contributed by atoms with Crippen molar-refractivity contribution < 1.29 is 0 Å². The Kier molecular flexibility index (Phi) is 3.58. The summed E-state index contributed by atoms with van der Waals surface area (Å²) in [5.41, 5.74) is 2.23. The first kappa shape index (κ1) is 12.7. The van der Waals surface area contributed by atoms with Crippen LogP contribution in [0.25, 0.3) is 11.0 Å². The zero-order valence-corrected chi connectivity index (χ0v) is 12.3. The molecular weight excluding hydrogens is 276 g/mol. The van der Waals surface area contributed by atoms with Gasteiger partial charge in [0, 0.05) is 17.2 Å². The van der Waals surface area contributed by atoms with Crippen LogP contribution >= 0.6 is 22.9 Å². The topological polar surface area (TPSA) is 17.8 Å². The van der Waals surface area contributed by atoms with Gasteiger partial charge in [0.15, 0.2) is 0 Å². The standard InChI is InChI=1S/C15H15ClN2S/c1-11(14-7-4-10-19-14)18-13-6-3-2-5-12(13)17-15(18)8-9-16/h2-7,10-11H,8-9H2,1H3. The molecule has 0 amide bonds. The zero-order chi connectivity index (χ0) is 13.2. The van der Waals surface area contributed by atoms with Gasteiger partial charge in [-0.25, -0.2) is 4.98 Å². The van der Waals surface area contributed by atoms with Crippen LogP contribution in [0.5, 0.6) is 0 Å². The number of imidazole rings is 1. The number of thiophene rings is 1. The Hall–Kier alpha value is -1.32. The van der Waals surface area contributed by atoms with Crippen molar-refractivity contribution >= 4 is 34.0 Å². The maximum Gasteiger partial charge on any atom is 0.111 e. The number of rotatable bonds is 4. The first-order chi connectivity index (χ1) is 9.31. The maximum absolute atomic E-state index is 5.91. The lowest BCUT2D eigenvalue weighted by Crippen LogP contribution is -2.10. The van der Waals surface area contributed by atoms with Crippen LogP contribution in [0.15, 0.2) is 41.8 Å². The van der Waals surface area contributed by atoms with E-state index in [0.29, 0.717) is 11.9 Å². The highest BCUT2D eigenvalue weighted by molar-refractivity contribution is 7.10. The number of alkyl halides is 1. The molecule has 2 heterocycles. The van der Waals surface area contributed by atoms with E-state index in [1.165, 1.54) is 10.4 Å². The average Bonchev–Trinajstić information content (AvgIpc) is 3.06. The molecular formula is C15H15ClN2S. The molecule has 0 saturated carbocycles. The molecule has 1 unspecified atom stereocenters. The number of aromatic nitrogens is 2. The van der Waals surface area contributed by atoms with Crippen molar-refractivity contribution in [1.82, 2.24) is 9.55 Å². The van der Waals surface area contributed by atoms with Gasteiger partial charge < -0.3 is 4.57 Å². The lowest BCUT2D eigenvalue weighted by molar-refractivity contribution is 0.633. The fourth-order valence-electron chi connectivity index (χ4n) is 2.44. The van der Waals surface area contributed by atoms with E-state index in [9.17, 15) is 0 Å². The molecule has 1 aromatic carbocycles. The van der Waals surface area contributed by atoms with Crippen molar-refractivity contribution in [1.29, 1.82) is 0 Å². The van der Waals surface area contributed by atoms with E-state index in [1.807, 2.05) is 6.07 Å². The fraction of sp³-hybridized carbons (Fsp3) is 0.267. The summed E-state index contributed by atoms with van der Waals surface area (Å²) >= 11 is 7.70. The van der Waals surface area contributed by atoms with Gasteiger partial charge in [-0.05, 0) is 30.5 Å². The van der Waals surface area contributed by atoms with E-state index in [0.717, 1.165) is 17.8 Å². The summed E-state index contributed by atoms with van der Waals surface area (Å²) in [6, 6.07) is 12.8. The Morgan fingerprint density at radius 2 is 2.11 bits per heavy atom. The molecule has 98 valence electrons. The van der Waals surface area contributed by atoms with Gasteiger partial charge in [-0.15, -0.1) is 22.9 Å². The number of hydrogen-bond donors (Lipinski definition) is 0. The van der Waals surface area contributed by atoms with Gasteiger partial charge in [0.05, 0.1) is 17.1 Å². The lowest BCUT2D eigenvalue weighted by Gasteiger charge is -2.16. The van der Waals surface area contributed by atoms with E-state index in [-0.39, 0.29) is 0 Å². The first-order valence-electron chi connectivity index (χ1n) is 6.36. The van der Waals surface area contributed by atoms with E-state index >= 15 is 0 Å². The van der Waals surface area contributed by atoms with Gasteiger partial charge in [-0.3, -0.25) is 0 Å². The predicted octanol–water partition coefficient (Wildman–Crippen LogP) is 4.49. The van der Waals surface area contributed by atoms with Crippen molar-refractivity contribution in [2.24, 2.45) is 0 Å². The number of halogens is 1. The second kappa shape index (κ2) is 5.35. The third kappa shape index (κ3) is 2.28. The SMILES string of the molecule is CC(c1cccs1)n1c(CCCl)nc2ccccc21. The molecule has 0 aliphatic heterocycles. The van der Waals surface area contributed by atoms with Crippen molar-refractivity contribution in [3.63, 3.8) is 0 Å². The van der Waals surface area contributed by atoms with Crippen LogP contribution in [0.1, 0.15) is 23.7 Å². The molecule has 2 aromatic heterocycles. The summed E-state index contributed by atoms with van der Waals surface area (Å²) in [5.74, 6) is 1.66. The summed E-state index contributed by atoms with van der Waals surface area (Å²) in [6.07, 6.45) is 0.798. The van der Waals surface area contributed by atoms with Gasteiger partial charge in [0.2, 0.25) is 0 Å². The number of para-hydroxylation sites is 2. The normalized spacial score (nSPS) is 12.9. The Morgan fingerprint density at radius 3 is 2.84 bits per heavy atom. The highest BCUT2D eigenvalue weighted by atomic mass is 35.5. The molecule has 3 rings (SSSR count). The van der Waals surface area contributed by atoms with Gasteiger partial charge >= 0.3 is 0 Å². The van der Waals surface area contributed by atoms with E-state index < -0.39 is 0 Å². The average molecular weight is 291 g/mol. The largest absolute Gasteiger partial charge is 0.320 e. The van der Waals surface area contributed by atoms with Crippen molar-refractivity contribution in [3.05, 3.63) is 52.5 Å². The smallest absolute Gasteiger partial charge is 0.111 e. The van der Waals surface area contributed by atoms with Crippen LogP contribution in [0.2, 0.25) is 0 Å². The fourth-order valence-corrected chi connectivity index (χ4v) is 3.39. The van der Waals surface area contributed by atoms with Crippen LogP contribution in [0.3, 0.4) is 0 Å². The third-order valence-electron chi connectivity index (χ3n) is 3.33. The van der Waals surface area contributed by atoms with E-state index in [1.54, 1.807) is 11.3 Å². The number of hydrogen-bond acceptors (Lipinski definition) is 2. The van der Waals surface area contributed by atoms with Crippen LogP contribution in [-0.4, -0.2) is 15.4 Å². The number of nitrogens with zero attached hydrogens (tertiary/aromatic N) is 2. The summed E-state index contributed by atoms with van der Waals surface area (Å²) in [6.45, 7) is 2.22. The van der Waals surface area contributed by atoms with Gasteiger partial charge in [0.25, 0.3) is 0 Å². The Labute approximate surface area is 121 Å². The molecule has 0 spiro atoms. The van der Waals surface area contributed by atoms with E-state index in [4.69, 9.17) is 16.6 Å². The molecule has 0 radical (unpaired) electrons. The molecule has 2 nitrogen and oxygen atoms in total. The summed E-state index contributed by atoms with van der Waals surface area (Å²) in [5, 5.41) is 2.12. The van der Waals surface area contributed by atoms with Gasteiger partial charge in [-0.2, -0.15) is 0 Å². The molecule has 3 aromatic rings. The molecule has 0 saturated heterocycles. The van der Waals surface area contributed by atoms with Crippen molar-refractivity contribution in [2.75, 3.05) is 5.88 Å². The van der Waals surface area contributed by atoms with Crippen LogP contribution < -0.4 is 0 Å². The third-order valence-corrected chi connectivity index (χ3v) is 4.56. The maximum atomic E-state index is 5.91. The quantitative estimate of drug-likeness (QED) is 0.647. The second-order valence-corrected chi connectivity index (χ2v) is 5.87. The van der Waals surface area contributed by atoms with E-state index in [2.05, 4.69) is 47.2 Å². The highest BCUT2D eigenvalue weighted by Gasteiger charge is 2.17. The summed E-state index contributed by atoms with van der Waals surface area (Å²) in [7, 11) is 0. The molecule has 0 aliphatic carbocycles. The first-order valence-corrected chi connectivity index (χ1v) is 7.78. The summed E-state index contributed by atoms with van der Waals surface area (Å²) < 4.78 is 2.31. The highest BCUT2D eigenvalue weighted by Crippen LogP contribution is 2.28. The lowest BCUT2D eigenvalue weighted by atomic mass is 10.2. The van der Waals surface area contributed by atoms with Crippen LogP contribution in [0.4, 0.5) is 0 Å².